The molecular formula is C26H26N2O5. The maximum Gasteiger partial charge on any atom is 0.407 e. The standard InChI is InChI=1S/C26H26N2O5/c29-24(27-14-6-13-25(30)31)15-17-7-5-12-23(17)28-26(32)33-16-22-20-10-3-1-8-18(20)19-9-2-4-11-21(19)22/h1-4,8-11,17,22-23H,5,7,12,14-16H2,(H,27,29)(H,28,32)(H,30,31). The van der Waals surface area contributed by atoms with E-state index in [0.29, 0.717) is 0 Å². The number of benzene rings is 2. The topological polar surface area (TPSA) is 105 Å². The van der Waals surface area contributed by atoms with Crippen molar-refractivity contribution in [1.29, 1.82) is 0 Å². The number of alkyl carbamates (subject to hydrolysis) is 1. The maximum atomic E-state index is 12.6. The third-order valence-corrected chi connectivity index (χ3v) is 6.32. The molecule has 0 radical (unpaired) electrons. The number of ether oxygens (including phenoxy) is 1. The molecule has 2 atom stereocenters. The lowest BCUT2D eigenvalue weighted by atomic mass is 9.98. The van der Waals surface area contributed by atoms with Crippen LogP contribution in [0.15, 0.2) is 48.5 Å². The Balaban J connectivity index is 1.30. The zero-order valence-electron chi connectivity index (χ0n) is 18.2. The molecule has 0 aliphatic heterocycles. The first-order valence-corrected chi connectivity index (χ1v) is 11.1. The Morgan fingerprint density at radius 1 is 1.00 bits per heavy atom. The highest BCUT2D eigenvalue weighted by atomic mass is 16.5. The molecule has 3 N–H and O–H groups in total. The molecule has 2 aliphatic rings. The van der Waals surface area contributed by atoms with Gasteiger partial charge in [0, 0.05) is 24.3 Å². The average molecular weight is 447 g/mol. The lowest BCUT2D eigenvalue weighted by Gasteiger charge is -2.21. The summed E-state index contributed by atoms with van der Waals surface area (Å²) < 4.78 is 5.63. The number of carbonyl (C=O) groups excluding carboxylic acids is 2. The highest BCUT2D eigenvalue weighted by Crippen LogP contribution is 2.44. The van der Waals surface area contributed by atoms with Crippen molar-refractivity contribution in [3.63, 3.8) is 0 Å². The van der Waals surface area contributed by atoms with E-state index < -0.39 is 12.1 Å². The average Bonchev–Trinajstić information content (AvgIpc) is 3.37. The zero-order valence-corrected chi connectivity index (χ0v) is 18.2. The lowest BCUT2D eigenvalue weighted by Crippen LogP contribution is -2.40. The molecule has 0 saturated heterocycles. The number of carboxylic acids is 1. The summed E-state index contributed by atoms with van der Waals surface area (Å²) in [5.74, 6) is 2.90. The smallest absolute Gasteiger partial charge is 0.407 e. The SMILES string of the molecule is O=C(O)C#CCNC(=O)CC1CCCC1NC(=O)OCC1c2ccccc2-c2ccccc21. The predicted octanol–water partition coefficient (Wildman–Crippen LogP) is 3.29. The van der Waals surface area contributed by atoms with Crippen LogP contribution < -0.4 is 10.6 Å². The summed E-state index contributed by atoms with van der Waals surface area (Å²) in [6.45, 7) is 0.238. The maximum absolute atomic E-state index is 12.6. The molecule has 2 amide bonds. The first kappa shape index (κ1) is 22.4. The number of hydrogen-bond acceptors (Lipinski definition) is 4. The molecule has 0 heterocycles. The van der Waals surface area contributed by atoms with E-state index in [1.54, 1.807) is 0 Å². The summed E-state index contributed by atoms with van der Waals surface area (Å²) in [7, 11) is 0. The first-order chi connectivity index (χ1) is 16.0. The molecule has 33 heavy (non-hydrogen) atoms. The number of aliphatic carboxylic acids is 1. The summed E-state index contributed by atoms with van der Waals surface area (Å²) in [6, 6.07) is 16.2. The number of carbonyl (C=O) groups is 3. The second-order valence-corrected chi connectivity index (χ2v) is 8.36. The van der Waals surface area contributed by atoms with Crippen LogP contribution in [0.3, 0.4) is 0 Å². The van der Waals surface area contributed by atoms with Crippen LogP contribution in [0.5, 0.6) is 0 Å². The second kappa shape index (κ2) is 10.2. The van der Waals surface area contributed by atoms with Crippen LogP contribution in [-0.2, 0) is 14.3 Å². The monoisotopic (exact) mass is 446 g/mol. The number of fused-ring (bicyclic) bond motifs is 3. The van der Waals surface area contributed by atoms with Gasteiger partial charge >= 0.3 is 12.1 Å². The molecule has 170 valence electrons. The van der Waals surface area contributed by atoms with Gasteiger partial charge < -0.3 is 20.5 Å². The molecule has 1 saturated carbocycles. The number of nitrogens with one attached hydrogen (secondary N) is 2. The van der Waals surface area contributed by atoms with Crippen molar-refractivity contribution in [2.45, 2.75) is 37.6 Å². The van der Waals surface area contributed by atoms with Crippen LogP contribution >= 0.6 is 0 Å². The molecule has 2 unspecified atom stereocenters. The van der Waals surface area contributed by atoms with Gasteiger partial charge in [-0.1, -0.05) is 60.9 Å². The predicted molar refractivity (Wildman–Crippen MR) is 122 cm³/mol. The van der Waals surface area contributed by atoms with Crippen molar-refractivity contribution in [2.75, 3.05) is 13.2 Å². The highest BCUT2D eigenvalue weighted by Gasteiger charge is 2.32. The lowest BCUT2D eigenvalue weighted by molar-refractivity contribution is -0.130. The van der Waals surface area contributed by atoms with E-state index in [1.807, 2.05) is 30.2 Å². The number of rotatable bonds is 6. The fourth-order valence-corrected chi connectivity index (χ4v) is 4.84. The summed E-state index contributed by atoms with van der Waals surface area (Å²) in [4.78, 5) is 35.1. The quantitative estimate of drug-likeness (QED) is 0.591. The van der Waals surface area contributed by atoms with Crippen LogP contribution in [0.2, 0.25) is 0 Å². The molecular weight excluding hydrogens is 420 g/mol. The van der Waals surface area contributed by atoms with Gasteiger partial charge in [-0.15, -0.1) is 0 Å². The molecule has 0 aromatic heterocycles. The molecule has 4 rings (SSSR count). The van der Waals surface area contributed by atoms with Gasteiger partial charge in [-0.05, 0) is 41.0 Å². The minimum atomic E-state index is -1.23. The van der Waals surface area contributed by atoms with Gasteiger partial charge in [-0.25, -0.2) is 9.59 Å². The molecule has 2 aromatic rings. The van der Waals surface area contributed by atoms with Crippen LogP contribution in [0, 0.1) is 17.8 Å². The molecule has 1 fully saturated rings. The van der Waals surface area contributed by atoms with Crippen LogP contribution in [0.4, 0.5) is 4.79 Å². The van der Waals surface area contributed by atoms with Crippen LogP contribution in [0.25, 0.3) is 11.1 Å². The van der Waals surface area contributed by atoms with Crippen LogP contribution in [-0.4, -0.2) is 42.3 Å². The Morgan fingerprint density at radius 3 is 2.33 bits per heavy atom. The van der Waals surface area contributed by atoms with Crippen molar-refractivity contribution in [1.82, 2.24) is 10.6 Å². The fraction of sp³-hybridized carbons (Fsp3) is 0.346. The Morgan fingerprint density at radius 2 is 1.67 bits per heavy atom. The summed E-state index contributed by atoms with van der Waals surface area (Å²) in [5, 5.41) is 14.0. The van der Waals surface area contributed by atoms with Crippen molar-refractivity contribution in [3.8, 4) is 23.0 Å². The Hall–Kier alpha value is -3.79. The van der Waals surface area contributed by atoms with E-state index in [-0.39, 0.29) is 43.4 Å². The van der Waals surface area contributed by atoms with Crippen molar-refractivity contribution < 1.29 is 24.2 Å². The third-order valence-electron chi connectivity index (χ3n) is 6.32. The molecule has 2 aliphatic carbocycles. The molecule has 7 nitrogen and oxygen atoms in total. The normalized spacial score (nSPS) is 18.4. The van der Waals surface area contributed by atoms with Gasteiger partial charge in [-0.2, -0.15) is 0 Å². The Labute approximate surface area is 192 Å². The summed E-state index contributed by atoms with van der Waals surface area (Å²) in [6.07, 6.45) is 2.33. The molecule has 7 heteroatoms. The second-order valence-electron chi connectivity index (χ2n) is 8.36. The van der Waals surface area contributed by atoms with E-state index in [1.165, 1.54) is 11.1 Å². The van der Waals surface area contributed by atoms with Crippen molar-refractivity contribution >= 4 is 18.0 Å². The van der Waals surface area contributed by atoms with Gasteiger partial charge in [0.1, 0.15) is 6.61 Å². The van der Waals surface area contributed by atoms with Gasteiger partial charge in [0.2, 0.25) is 5.91 Å². The van der Waals surface area contributed by atoms with E-state index in [0.717, 1.165) is 30.4 Å². The first-order valence-electron chi connectivity index (χ1n) is 11.1. The third kappa shape index (κ3) is 5.35. The van der Waals surface area contributed by atoms with Crippen molar-refractivity contribution in [2.24, 2.45) is 5.92 Å². The van der Waals surface area contributed by atoms with E-state index in [4.69, 9.17) is 9.84 Å². The Bertz CT molecular complexity index is 1070. The number of hydrogen-bond donors (Lipinski definition) is 3. The summed E-state index contributed by atoms with van der Waals surface area (Å²) in [5.41, 5.74) is 4.68. The largest absolute Gasteiger partial charge is 0.472 e. The van der Waals surface area contributed by atoms with Gasteiger partial charge in [0.05, 0.1) is 6.54 Å². The van der Waals surface area contributed by atoms with Gasteiger partial charge in [0.25, 0.3) is 0 Å². The van der Waals surface area contributed by atoms with Gasteiger partial charge in [0.15, 0.2) is 0 Å². The number of carboxylic acid groups (broad SMARTS) is 1. The fourth-order valence-electron chi connectivity index (χ4n) is 4.84. The number of amides is 2. The molecule has 2 aromatic carbocycles. The van der Waals surface area contributed by atoms with E-state index in [9.17, 15) is 14.4 Å². The summed E-state index contributed by atoms with van der Waals surface area (Å²) >= 11 is 0. The zero-order chi connectivity index (χ0) is 23.2. The highest BCUT2D eigenvalue weighted by molar-refractivity contribution is 5.86. The molecule has 0 bridgehead atoms. The van der Waals surface area contributed by atoms with Crippen molar-refractivity contribution in [3.05, 3.63) is 59.7 Å². The van der Waals surface area contributed by atoms with E-state index in [2.05, 4.69) is 40.8 Å². The van der Waals surface area contributed by atoms with Gasteiger partial charge in [-0.3, -0.25) is 4.79 Å². The van der Waals surface area contributed by atoms with Crippen LogP contribution in [0.1, 0.15) is 42.7 Å². The molecule has 0 spiro atoms. The Kier molecular flexibility index (Phi) is 6.94. The van der Waals surface area contributed by atoms with E-state index >= 15 is 0 Å². The minimum Gasteiger partial charge on any atom is -0.472 e. The minimum absolute atomic E-state index is 0.000199.